The Labute approximate surface area is 116 Å². The minimum Gasteiger partial charge on any atom is -0.241 e. The van der Waals surface area contributed by atoms with Gasteiger partial charge in [-0.25, -0.2) is 4.89 Å². The van der Waals surface area contributed by atoms with Crippen molar-refractivity contribution >= 4 is 18.1 Å². The molecule has 0 aliphatic heterocycles. The smallest absolute Gasteiger partial charge is 0.206 e. The van der Waals surface area contributed by atoms with Crippen molar-refractivity contribution in [3.05, 3.63) is 60.7 Å². The van der Waals surface area contributed by atoms with Gasteiger partial charge in [0.05, 0.1) is 6.16 Å². The molecule has 2 aromatic rings. The lowest BCUT2D eigenvalue weighted by Gasteiger charge is -2.20. The molecule has 0 aliphatic rings. The fourth-order valence-electron chi connectivity index (χ4n) is 2.35. The van der Waals surface area contributed by atoms with Crippen molar-refractivity contribution in [2.24, 2.45) is 0 Å². The van der Waals surface area contributed by atoms with E-state index in [2.05, 4.69) is 31.2 Å². The molecule has 0 aromatic heterocycles. The molecule has 0 saturated heterocycles. The summed E-state index contributed by atoms with van der Waals surface area (Å²) in [6.07, 6.45) is 4.34. The van der Waals surface area contributed by atoms with Crippen molar-refractivity contribution in [2.75, 3.05) is 6.16 Å². The number of hydrogen-bond acceptors (Lipinski definition) is 1. The average molecular weight is 273 g/mol. The standard InChI is InChI=1S/C17H22OP/c1-2-3-10-15-19(18,16-11-6-4-7-12-16)17-13-8-5-9-14-17/h4-9,11-14,18H,2-3,10,15H2,1H3/q+1. The minimum atomic E-state index is -2.20. The Balaban J connectivity index is 2.33. The fourth-order valence-corrected chi connectivity index (χ4v) is 5.17. The van der Waals surface area contributed by atoms with Crippen LogP contribution in [0.2, 0.25) is 0 Å². The first-order valence-electron chi connectivity index (χ1n) is 6.99. The molecule has 1 N–H and O–H groups in total. The van der Waals surface area contributed by atoms with Crippen LogP contribution < -0.4 is 10.6 Å². The molecule has 100 valence electrons. The van der Waals surface area contributed by atoms with Gasteiger partial charge in [0.25, 0.3) is 0 Å². The molecule has 0 atom stereocenters. The predicted octanol–water partition coefficient (Wildman–Crippen LogP) is 3.75. The number of rotatable bonds is 6. The van der Waals surface area contributed by atoms with Crippen LogP contribution in [0.5, 0.6) is 0 Å². The maximum absolute atomic E-state index is 11.3. The SMILES string of the molecule is CCCCC[P+](O)(c1ccccc1)c1ccccc1. The molecule has 1 nitrogen and oxygen atoms in total. The molecule has 0 fully saturated rings. The van der Waals surface area contributed by atoms with Gasteiger partial charge in [0.15, 0.2) is 0 Å². The molecule has 19 heavy (non-hydrogen) atoms. The van der Waals surface area contributed by atoms with Crippen LogP contribution in [0.4, 0.5) is 0 Å². The summed E-state index contributed by atoms with van der Waals surface area (Å²) < 4.78 is 0. The largest absolute Gasteiger partial charge is 0.241 e. The molecular formula is C17H22OP+. The Bertz CT molecular complexity index is 442. The van der Waals surface area contributed by atoms with Crippen molar-refractivity contribution in [3.8, 4) is 0 Å². The van der Waals surface area contributed by atoms with Gasteiger partial charge in [-0.2, -0.15) is 0 Å². The van der Waals surface area contributed by atoms with Crippen LogP contribution in [0, 0.1) is 0 Å². The molecule has 0 unspecified atom stereocenters. The molecule has 0 amide bonds. The highest BCUT2D eigenvalue weighted by Gasteiger charge is 2.40. The lowest BCUT2D eigenvalue weighted by Crippen LogP contribution is -2.24. The van der Waals surface area contributed by atoms with Gasteiger partial charge in [0.2, 0.25) is 7.49 Å². The zero-order valence-corrected chi connectivity index (χ0v) is 12.4. The van der Waals surface area contributed by atoms with E-state index < -0.39 is 7.49 Å². The van der Waals surface area contributed by atoms with E-state index in [1.54, 1.807) is 0 Å². The third kappa shape index (κ3) is 3.43. The topological polar surface area (TPSA) is 20.2 Å². The Hall–Kier alpha value is -1.17. The molecule has 0 aliphatic carbocycles. The second kappa shape index (κ2) is 6.84. The first-order valence-corrected chi connectivity index (χ1v) is 8.92. The van der Waals surface area contributed by atoms with E-state index in [0.29, 0.717) is 0 Å². The van der Waals surface area contributed by atoms with Crippen molar-refractivity contribution in [2.45, 2.75) is 26.2 Å². The van der Waals surface area contributed by atoms with Crippen molar-refractivity contribution in [1.29, 1.82) is 0 Å². The van der Waals surface area contributed by atoms with E-state index in [9.17, 15) is 4.89 Å². The van der Waals surface area contributed by atoms with Gasteiger partial charge in [-0.15, -0.1) is 0 Å². The summed E-state index contributed by atoms with van der Waals surface area (Å²) in [6, 6.07) is 20.3. The van der Waals surface area contributed by atoms with Crippen LogP contribution in [0.25, 0.3) is 0 Å². The van der Waals surface area contributed by atoms with Gasteiger partial charge in [-0.3, -0.25) is 0 Å². The summed E-state index contributed by atoms with van der Waals surface area (Å²) in [5, 5.41) is 2.19. The van der Waals surface area contributed by atoms with Crippen molar-refractivity contribution in [3.63, 3.8) is 0 Å². The Morgan fingerprint density at radius 2 is 1.26 bits per heavy atom. The lowest BCUT2D eigenvalue weighted by atomic mass is 10.3. The number of unbranched alkanes of at least 4 members (excludes halogenated alkanes) is 2. The third-order valence-corrected chi connectivity index (χ3v) is 6.72. The molecule has 0 heterocycles. The van der Waals surface area contributed by atoms with Gasteiger partial charge in [0.1, 0.15) is 10.6 Å². The molecule has 2 aromatic carbocycles. The lowest BCUT2D eigenvalue weighted by molar-refractivity contribution is 0.614. The number of hydrogen-bond donors (Lipinski definition) is 1. The fraction of sp³-hybridized carbons (Fsp3) is 0.294. The van der Waals surface area contributed by atoms with Gasteiger partial charge in [0, 0.05) is 0 Å². The highest BCUT2D eigenvalue weighted by Crippen LogP contribution is 2.52. The van der Waals surface area contributed by atoms with Crippen molar-refractivity contribution < 1.29 is 4.89 Å². The second-order valence-electron chi connectivity index (χ2n) is 4.87. The monoisotopic (exact) mass is 273 g/mol. The molecule has 2 heteroatoms. The first kappa shape index (κ1) is 14.2. The summed E-state index contributed by atoms with van der Waals surface area (Å²) in [7, 11) is -2.20. The molecule has 0 bridgehead atoms. The maximum atomic E-state index is 11.3. The Morgan fingerprint density at radius 3 is 1.68 bits per heavy atom. The van der Waals surface area contributed by atoms with Crippen LogP contribution >= 0.6 is 7.49 Å². The van der Waals surface area contributed by atoms with Crippen LogP contribution in [-0.2, 0) is 0 Å². The summed E-state index contributed by atoms with van der Waals surface area (Å²) in [6.45, 7) is 2.20. The zero-order chi connectivity index (χ0) is 13.6. The highest BCUT2D eigenvalue weighted by atomic mass is 31.2. The van der Waals surface area contributed by atoms with E-state index in [-0.39, 0.29) is 0 Å². The zero-order valence-electron chi connectivity index (χ0n) is 11.5. The third-order valence-electron chi connectivity index (χ3n) is 3.45. The second-order valence-corrected chi connectivity index (χ2v) is 7.89. The van der Waals surface area contributed by atoms with E-state index >= 15 is 0 Å². The van der Waals surface area contributed by atoms with Gasteiger partial charge >= 0.3 is 0 Å². The summed E-state index contributed by atoms with van der Waals surface area (Å²) >= 11 is 0. The van der Waals surface area contributed by atoms with Gasteiger partial charge in [-0.1, -0.05) is 49.7 Å². The molecule has 2 rings (SSSR count). The van der Waals surface area contributed by atoms with Crippen molar-refractivity contribution in [1.82, 2.24) is 0 Å². The highest BCUT2D eigenvalue weighted by molar-refractivity contribution is 7.84. The maximum Gasteiger partial charge on any atom is 0.206 e. The predicted molar refractivity (Wildman–Crippen MR) is 85.7 cm³/mol. The van der Waals surface area contributed by atoms with Crippen LogP contribution in [0.15, 0.2) is 60.7 Å². The normalized spacial score (nSPS) is 11.5. The van der Waals surface area contributed by atoms with E-state index in [4.69, 9.17) is 0 Å². The molecule has 0 saturated carbocycles. The molecule has 0 radical (unpaired) electrons. The Morgan fingerprint density at radius 1 is 0.789 bits per heavy atom. The first-order chi connectivity index (χ1) is 9.27. The average Bonchev–Trinajstić information content (AvgIpc) is 2.49. The number of benzene rings is 2. The van der Waals surface area contributed by atoms with Gasteiger partial charge in [-0.05, 0) is 37.1 Å². The Kier molecular flexibility index (Phi) is 5.13. The van der Waals surface area contributed by atoms with E-state index in [1.165, 1.54) is 12.8 Å². The van der Waals surface area contributed by atoms with E-state index in [1.807, 2.05) is 36.4 Å². The van der Waals surface area contributed by atoms with Crippen LogP contribution in [-0.4, -0.2) is 11.1 Å². The molecular weight excluding hydrogens is 251 g/mol. The van der Waals surface area contributed by atoms with Crippen LogP contribution in [0.3, 0.4) is 0 Å². The summed E-state index contributed by atoms with van der Waals surface area (Å²) in [5.74, 6) is 0. The van der Waals surface area contributed by atoms with E-state index in [0.717, 1.165) is 23.2 Å². The minimum absolute atomic E-state index is 0.884. The van der Waals surface area contributed by atoms with Crippen LogP contribution in [0.1, 0.15) is 26.2 Å². The van der Waals surface area contributed by atoms with Gasteiger partial charge < -0.3 is 0 Å². The summed E-state index contributed by atoms with van der Waals surface area (Å²) in [4.78, 5) is 11.3. The molecule has 0 spiro atoms. The quantitative estimate of drug-likeness (QED) is 0.627. The summed E-state index contributed by atoms with van der Waals surface area (Å²) in [5.41, 5.74) is 0.